The van der Waals surface area contributed by atoms with E-state index in [0.29, 0.717) is 0 Å². The van der Waals surface area contributed by atoms with E-state index in [1.165, 1.54) is 4.70 Å². The number of hydrogen-bond acceptors (Lipinski definition) is 5. The molecule has 1 heterocycles. The maximum atomic E-state index is 6.24. The van der Waals surface area contributed by atoms with E-state index < -0.39 is 0 Å². The van der Waals surface area contributed by atoms with Crippen molar-refractivity contribution >= 4 is 33.3 Å². The number of thiazole rings is 1. The van der Waals surface area contributed by atoms with Crippen molar-refractivity contribution < 1.29 is 4.74 Å². The Morgan fingerprint density at radius 3 is 2.67 bits per heavy atom. The molecule has 0 saturated heterocycles. The molecule has 108 valence electrons. The second kappa shape index (κ2) is 6.47. The summed E-state index contributed by atoms with van der Waals surface area (Å²) in [5.41, 5.74) is 8.42. The Hall–Kier alpha value is -1.56. The Labute approximate surface area is 132 Å². The van der Waals surface area contributed by atoms with E-state index in [1.54, 1.807) is 30.2 Å². The summed E-state index contributed by atoms with van der Waals surface area (Å²) in [5.74, 6) is 1.66. The first kappa shape index (κ1) is 14.4. The molecule has 1 atom stereocenters. The topological polar surface area (TPSA) is 48.1 Å². The predicted molar refractivity (Wildman–Crippen MR) is 90.3 cm³/mol. The van der Waals surface area contributed by atoms with E-state index in [9.17, 15) is 0 Å². The third-order valence-electron chi connectivity index (χ3n) is 3.20. The lowest BCUT2D eigenvalue weighted by Gasteiger charge is -2.11. The minimum Gasteiger partial charge on any atom is -0.497 e. The smallest absolute Gasteiger partial charge is 0.151 e. The zero-order valence-corrected chi connectivity index (χ0v) is 13.3. The zero-order valence-electron chi connectivity index (χ0n) is 11.7. The van der Waals surface area contributed by atoms with Gasteiger partial charge in [-0.3, -0.25) is 0 Å². The minimum absolute atomic E-state index is 0.00656. The van der Waals surface area contributed by atoms with Crippen LogP contribution in [-0.2, 0) is 0 Å². The minimum atomic E-state index is -0.00656. The molecular formula is C16H16N2OS2. The van der Waals surface area contributed by atoms with Crippen LogP contribution in [0.5, 0.6) is 5.75 Å². The highest BCUT2D eigenvalue weighted by atomic mass is 32.2. The second-order valence-electron chi connectivity index (χ2n) is 4.64. The van der Waals surface area contributed by atoms with Crippen molar-refractivity contribution in [2.75, 3.05) is 12.9 Å². The standard InChI is InChI=1S/C16H16N2OS2/c1-19-12-8-6-11(7-9-12)13(17)10-20-16-18-14-4-2-3-5-15(14)21-16/h2-9,13H,10,17H2,1H3. The molecule has 2 aromatic carbocycles. The van der Waals surface area contributed by atoms with Gasteiger partial charge < -0.3 is 10.5 Å². The number of para-hydroxylation sites is 1. The number of nitrogens with two attached hydrogens (primary N) is 1. The molecule has 5 heteroatoms. The van der Waals surface area contributed by atoms with Gasteiger partial charge in [-0.25, -0.2) is 4.98 Å². The third-order valence-corrected chi connectivity index (χ3v) is 5.50. The van der Waals surface area contributed by atoms with Gasteiger partial charge in [0.2, 0.25) is 0 Å². The second-order valence-corrected chi connectivity index (χ2v) is 6.94. The molecule has 0 spiro atoms. The van der Waals surface area contributed by atoms with Gasteiger partial charge in [0.25, 0.3) is 0 Å². The fraction of sp³-hybridized carbons (Fsp3) is 0.188. The average Bonchev–Trinajstić information content (AvgIpc) is 2.95. The van der Waals surface area contributed by atoms with Gasteiger partial charge in [-0.05, 0) is 29.8 Å². The summed E-state index contributed by atoms with van der Waals surface area (Å²) in [4.78, 5) is 4.61. The molecule has 0 fully saturated rings. The van der Waals surface area contributed by atoms with Gasteiger partial charge in [0.05, 0.1) is 17.3 Å². The largest absolute Gasteiger partial charge is 0.497 e. The molecule has 0 aliphatic heterocycles. The summed E-state index contributed by atoms with van der Waals surface area (Å²) < 4.78 is 7.45. The van der Waals surface area contributed by atoms with Gasteiger partial charge in [-0.2, -0.15) is 0 Å². The number of rotatable bonds is 5. The number of methoxy groups -OCH3 is 1. The number of aromatic nitrogens is 1. The highest BCUT2D eigenvalue weighted by Gasteiger charge is 2.09. The monoisotopic (exact) mass is 316 g/mol. The molecule has 0 bridgehead atoms. The van der Waals surface area contributed by atoms with Gasteiger partial charge in [0, 0.05) is 11.8 Å². The van der Waals surface area contributed by atoms with Crippen LogP contribution in [0.2, 0.25) is 0 Å². The summed E-state index contributed by atoms with van der Waals surface area (Å²) >= 11 is 3.43. The Balaban J connectivity index is 1.65. The van der Waals surface area contributed by atoms with E-state index in [4.69, 9.17) is 10.5 Å². The molecule has 2 N–H and O–H groups in total. The summed E-state index contributed by atoms with van der Waals surface area (Å²) in [5, 5.41) is 0. The summed E-state index contributed by atoms with van der Waals surface area (Å²) in [6.45, 7) is 0. The van der Waals surface area contributed by atoms with Crippen molar-refractivity contribution in [2.24, 2.45) is 5.73 Å². The number of benzene rings is 2. The van der Waals surface area contributed by atoms with Crippen molar-refractivity contribution in [1.82, 2.24) is 4.98 Å². The van der Waals surface area contributed by atoms with E-state index in [2.05, 4.69) is 11.1 Å². The normalized spacial score (nSPS) is 12.5. The third kappa shape index (κ3) is 3.37. The number of nitrogens with zero attached hydrogens (tertiary/aromatic N) is 1. The van der Waals surface area contributed by atoms with Crippen molar-refractivity contribution in [2.45, 2.75) is 10.4 Å². The number of ether oxygens (including phenoxy) is 1. The quantitative estimate of drug-likeness (QED) is 0.720. The first-order chi connectivity index (χ1) is 10.3. The van der Waals surface area contributed by atoms with Crippen LogP contribution in [-0.4, -0.2) is 17.8 Å². The van der Waals surface area contributed by atoms with E-state index in [0.717, 1.165) is 26.9 Å². The Morgan fingerprint density at radius 1 is 1.19 bits per heavy atom. The van der Waals surface area contributed by atoms with Crippen LogP contribution in [0.3, 0.4) is 0 Å². The maximum Gasteiger partial charge on any atom is 0.151 e. The van der Waals surface area contributed by atoms with Crippen LogP contribution in [0.15, 0.2) is 52.9 Å². The van der Waals surface area contributed by atoms with Crippen LogP contribution < -0.4 is 10.5 Å². The van der Waals surface area contributed by atoms with E-state index in [-0.39, 0.29) is 6.04 Å². The molecular weight excluding hydrogens is 300 g/mol. The van der Waals surface area contributed by atoms with Crippen molar-refractivity contribution in [3.63, 3.8) is 0 Å². The Bertz CT molecular complexity index is 691. The molecule has 3 nitrogen and oxygen atoms in total. The molecule has 1 aromatic heterocycles. The summed E-state index contributed by atoms with van der Waals surface area (Å²) in [7, 11) is 1.66. The number of hydrogen-bond donors (Lipinski definition) is 1. The van der Waals surface area contributed by atoms with Gasteiger partial charge in [0.1, 0.15) is 5.75 Å². The zero-order chi connectivity index (χ0) is 14.7. The maximum absolute atomic E-state index is 6.24. The lowest BCUT2D eigenvalue weighted by molar-refractivity contribution is 0.414. The van der Waals surface area contributed by atoms with Crippen LogP contribution in [0.25, 0.3) is 10.2 Å². The molecule has 0 amide bonds. The number of fused-ring (bicyclic) bond motifs is 1. The molecule has 1 unspecified atom stereocenters. The van der Waals surface area contributed by atoms with Gasteiger partial charge >= 0.3 is 0 Å². The van der Waals surface area contributed by atoms with E-state index >= 15 is 0 Å². The average molecular weight is 316 g/mol. The molecule has 21 heavy (non-hydrogen) atoms. The summed E-state index contributed by atoms with van der Waals surface area (Å²) in [6.07, 6.45) is 0. The lowest BCUT2D eigenvalue weighted by Crippen LogP contribution is -2.12. The fourth-order valence-corrected chi connectivity index (χ4v) is 4.10. The first-order valence-electron chi connectivity index (χ1n) is 6.64. The van der Waals surface area contributed by atoms with Crippen LogP contribution in [0, 0.1) is 0 Å². The van der Waals surface area contributed by atoms with Crippen LogP contribution in [0.1, 0.15) is 11.6 Å². The first-order valence-corrected chi connectivity index (χ1v) is 8.44. The van der Waals surface area contributed by atoms with Crippen molar-refractivity contribution in [3.8, 4) is 5.75 Å². The number of thioether (sulfide) groups is 1. The highest BCUT2D eigenvalue weighted by Crippen LogP contribution is 2.31. The van der Waals surface area contributed by atoms with E-state index in [1.807, 2.05) is 42.5 Å². The predicted octanol–water partition coefficient (Wildman–Crippen LogP) is 4.10. The molecule has 0 radical (unpaired) electrons. The Kier molecular flexibility index (Phi) is 4.43. The Morgan fingerprint density at radius 2 is 1.95 bits per heavy atom. The van der Waals surface area contributed by atoms with Crippen LogP contribution >= 0.6 is 23.1 Å². The molecule has 3 rings (SSSR count). The highest BCUT2D eigenvalue weighted by molar-refractivity contribution is 8.01. The fourth-order valence-electron chi connectivity index (χ4n) is 2.02. The van der Waals surface area contributed by atoms with Crippen LogP contribution in [0.4, 0.5) is 0 Å². The lowest BCUT2D eigenvalue weighted by atomic mass is 10.1. The van der Waals surface area contributed by atoms with Gasteiger partial charge in [0.15, 0.2) is 4.34 Å². The van der Waals surface area contributed by atoms with Gasteiger partial charge in [-0.15, -0.1) is 11.3 Å². The van der Waals surface area contributed by atoms with Crippen molar-refractivity contribution in [3.05, 3.63) is 54.1 Å². The molecule has 0 saturated carbocycles. The van der Waals surface area contributed by atoms with Gasteiger partial charge in [-0.1, -0.05) is 36.0 Å². The van der Waals surface area contributed by atoms with Crippen molar-refractivity contribution in [1.29, 1.82) is 0 Å². The molecule has 0 aliphatic rings. The molecule has 3 aromatic rings. The summed E-state index contributed by atoms with van der Waals surface area (Å²) in [6, 6.07) is 16.1. The SMILES string of the molecule is COc1ccc(C(N)CSc2nc3ccccc3s2)cc1. The molecule has 0 aliphatic carbocycles.